The first-order chi connectivity index (χ1) is 14.9. The molecular formula is C25H30N2O4. The Labute approximate surface area is 183 Å². The molecule has 0 aliphatic carbocycles. The number of nitrogens with zero attached hydrogens (tertiary/aromatic N) is 2. The molecule has 6 nitrogen and oxygen atoms in total. The number of amides is 3. The topological polar surface area (TPSA) is 66.9 Å². The van der Waals surface area contributed by atoms with Gasteiger partial charge in [0, 0.05) is 12.6 Å². The molecule has 1 heterocycles. The number of hydrogen-bond acceptors (Lipinski definition) is 4. The second-order valence-electron chi connectivity index (χ2n) is 7.89. The van der Waals surface area contributed by atoms with Crippen LogP contribution in [-0.2, 0) is 6.54 Å². The van der Waals surface area contributed by atoms with Crippen LogP contribution in [0.2, 0.25) is 0 Å². The van der Waals surface area contributed by atoms with Crippen molar-refractivity contribution in [1.29, 1.82) is 0 Å². The number of imide groups is 1. The van der Waals surface area contributed by atoms with Crippen molar-refractivity contribution in [2.75, 3.05) is 13.7 Å². The molecule has 0 fully saturated rings. The Hall–Kier alpha value is -3.15. The number of benzene rings is 2. The van der Waals surface area contributed by atoms with Gasteiger partial charge in [-0.1, -0.05) is 38.5 Å². The van der Waals surface area contributed by atoms with Crippen LogP contribution in [0.5, 0.6) is 5.75 Å². The summed E-state index contributed by atoms with van der Waals surface area (Å²) in [5.41, 5.74) is 1.99. The Morgan fingerprint density at radius 2 is 1.71 bits per heavy atom. The maximum Gasteiger partial charge on any atom is 0.261 e. The summed E-state index contributed by atoms with van der Waals surface area (Å²) >= 11 is 0. The van der Waals surface area contributed by atoms with Crippen molar-refractivity contribution in [3.8, 4) is 5.75 Å². The third-order valence-corrected chi connectivity index (χ3v) is 5.85. The van der Waals surface area contributed by atoms with Crippen molar-refractivity contribution in [1.82, 2.24) is 9.80 Å². The van der Waals surface area contributed by atoms with Gasteiger partial charge in [-0.3, -0.25) is 19.3 Å². The number of methoxy groups -OCH3 is 1. The highest BCUT2D eigenvalue weighted by Crippen LogP contribution is 2.27. The lowest BCUT2D eigenvalue weighted by atomic mass is 10.1. The molecule has 1 atom stereocenters. The van der Waals surface area contributed by atoms with Crippen molar-refractivity contribution in [2.24, 2.45) is 0 Å². The summed E-state index contributed by atoms with van der Waals surface area (Å²) in [6, 6.07) is 12.2. The minimum absolute atomic E-state index is 0.0936. The van der Waals surface area contributed by atoms with Crippen LogP contribution >= 0.6 is 0 Å². The molecule has 0 saturated heterocycles. The van der Waals surface area contributed by atoms with Crippen LogP contribution in [0, 0.1) is 0 Å². The van der Waals surface area contributed by atoms with Gasteiger partial charge in [-0.2, -0.15) is 0 Å². The molecule has 0 spiro atoms. The minimum Gasteiger partial charge on any atom is -0.496 e. The molecule has 0 aromatic heterocycles. The van der Waals surface area contributed by atoms with E-state index in [-0.39, 0.29) is 30.3 Å². The smallest absolute Gasteiger partial charge is 0.261 e. The molecule has 31 heavy (non-hydrogen) atoms. The van der Waals surface area contributed by atoms with Crippen molar-refractivity contribution in [2.45, 2.75) is 52.6 Å². The highest BCUT2D eigenvalue weighted by molar-refractivity contribution is 6.21. The van der Waals surface area contributed by atoms with Crippen molar-refractivity contribution >= 4 is 17.7 Å². The predicted molar refractivity (Wildman–Crippen MR) is 119 cm³/mol. The van der Waals surface area contributed by atoms with Gasteiger partial charge in [0.05, 0.1) is 30.3 Å². The maximum absolute atomic E-state index is 13.4. The van der Waals surface area contributed by atoms with E-state index >= 15 is 0 Å². The summed E-state index contributed by atoms with van der Waals surface area (Å²) in [5.74, 6) is -0.230. The Bertz CT molecular complexity index is 950. The van der Waals surface area contributed by atoms with Gasteiger partial charge < -0.3 is 9.64 Å². The lowest BCUT2D eigenvalue weighted by molar-refractivity contribution is 0.0641. The molecule has 3 amide bonds. The zero-order chi connectivity index (χ0) is 22.5. The first-order valence-electron chi connectivity index (χ1n) is 10.9. The Morgan fingerprint density at radius 3 is 2.26 bits per heavy atom. The van der Waals surface area contributed by atoms with Gasteiger partial charge in [0.2, 0.25) is 0 Å². The van der Waals surface area contributed by atoms with Crippen molar-refractivity contribution in [3.05, 3.63) is 64.7 Å². The summed E-state index contributed by atoms with van der Waals surface area (Å²) in [4.78, 5) is 42.0. The molecule has 3 rings (SSSR count). The summed E-state index contributed by atoms with van der Waals surface area (Å²) in [5, 5.41) is 0. The molecule has 2 aromatic rings. The molecule has 2 aromatic carbocycles. The van der Waals surface area contributed by atoms with E-state index in [9.17, 15) is 14.4 Å². The fourth-order valence-corrected chi connectivity index (χ4v) is 3.81. The molecule has 0 saturated carbocycles. The zero-order valence-electron chi connectivity index (χ0n) is 18.7. The molecule has 6 heteroatoms. The Kier molecular flexibility index (Phi) is 7.10. The Balaban J connectivity index is 1.90. The zero-order valence-corrected chi connectivity index (χ0v) is 18.7. The van der Waals surface area contributed by atoms with Crippen LogP contribution in [0.1, 0.15) is 76.7 Å². The second kappa shape index (κ2) is 9.77. The van der Waals surface area contributed by atoms with Crippen LogP contribution in [-0.4, -0.2) is 47.2 Å². The van der Waals surface area contributed by atoms with E-state index in [1.807, 2.05) is 11.8 Å². The van der Waals surface area contributed by atoms with E-state index < -0.39 is 0 Å². The van der Waals surface area contributed by atoms with E-state index in [1.165, 1.54) is 12.0 Å². The molecule has 0 bridgehead atoms. The number of fused-ring (bicyclic) bond motifs is 1. The standard InChI is InChI=1S/C25H30N2O4/c1-5-7-14-26(17(3)6-2)25(30)21-15-18(12-13-22(21)31-4)16-27-23(28)19-10-8-9-11-20(19)24(27)29/h8-13,15,17H,5-7,14,16H2,1-4H3. The normalized spacial score (nSPS) is 13.9. The van der Waals surface area contributed by atoms with E-state index in [1.54, 1.807) is 42.5 Å². The van der Waals surface area contributed by atoms with E-state index in [4.69, 9.17) is 4.74 Å². The van der Waals surface area contributed by atoms with Crippen LogP contribution < -0.4 is 4.74 Å². The van der Waals surface area contributed by atoms with Gasteiger partial charge in [0.1, 0.15) is 5.75 Å². The van der Waals surface area contributed by atoms with Gasteiger partial charge >= 0.3 is 0 Å². The van der Waals surface area contributed by atoms with Gasteiger partial charge in [-0.25, -0.2) is 0 Å². The third-order valence-electron chi connectivity index (χ3n) is 5.85. The fourth-order valence-electron chi connectivity index (χ4n) is 3.81. The monoisotopic (exact) mass is 422 g/mol. The van der Waals surface area contributed by atoms with E-state index in [0.29, 0.717) is 34.5 Å². The molecule has 0 radical (unpaired) electrons. The molecule has 1 aliphatic rings. The van der Waals surface area contributed by atoms with Crippen molar-refractivity contribution in [3.63, 3.8) is 0 Å². The minimum atomic E-state index is -0.312. The van der Waals surface area contributed by atoms with Crippen LogP contribution in [0.4, 0.5) is 0 Å². The summed E-state index contributed by atoms with van der Waals surface area (Å²) in [7, 11) is 1.54. The predicted octanol–water partition coefficient (Wildman–Crippen LogP) is 4.53. The highest BCUT2D eigenvalue weighted by atomic mass is 16.5. The quantitative estimate of drug-likeness (QED) is 0.557. The maximum atomic E-state index is 13.4. The van der Waals surface area contributed by atoms with Gasteiger partial charge in [0.25, 0.3) is 17.7 Å². The average molecular weight is 423 g/mol. The summed E-state index contributed by atoms with van der Waals surface area (Å²) in [6.07, 6.45) is 2.77. The van der Waals surface area contributed by atoms with E-state index in [0.717, 1.165) is 19.3 Å². The molecule has 164 valence electrons. The van der Waals surface area contributed by atoms with E-state index in [2.05, 4.69) is 13.8 Å². The van der Waals surface area contributed by atoms with Gasteiger partial charge in [0.15, 0.2) is 0 Å². The fraction of sp³-hybridized carbons (Fsp3) is 0.400. The Morgan fingerprint density at radius 1 is 1.06 bits per heavy atom. The number of carbonyl (C=O) groups excluding carboxylic acids is 3. The first kappa shape index (κ1) is 22.5. The third kappa shape index (κ3) is 4.48. The molecule has 1 aliphatic heterocycles. The SMILES string of the molecule is CCCCN(C(=O)c1cc(CN2C(=O)c3ccccc3C2=O)ccc1OC)C(C)CC. The summed E-state index contributed by atoms with van der Waals surface area (Å²) in [6.45, 7) is 6.99. The van der Waals surface area contributed by atoms with Gasteiger partial charge in [-0.15, -0.1) is 0 Å². The second-order valence-corrected chi connectivity index (χ2v) is 7.89. The summed E-state index contributed by atoms with van der Waals surface area (Å²) < 4.78 is 5.46. The molecule has 0 N–H and O–H groups in total. The first-order valence-corrected chi connectivity index (χ1v) is 10.9. The average Bonchev–Trinajstić information content (AvgIpc) is 3.03. The number of rotatable bonds is 9. The van der Waals surface area contributed by atoms with Gasteiger partial charge in [-0.05, 0) is 49.6 Å². The van der Waals surface area contributed by atoms with Crippen LogP contribution in [0.3, 0.4) is 0 Å². The number of hydrogen-bond donors (Lipinski definition) is 0. The van der Waals surface area contributed by atoms with Crippen LogP contribution in [0.15, 0.2) is 42.5 Å². The number of ether oxygens (including phenoxy) is 1. The largest absolute Gasteiger partial charge is 0.496 e. The molecular weight excluding hydrogens is 392 g/mol. The lowest BCUT2D eigenvalue weighted by Gasteiger charge is -2.29. The number of unbranched alkanes of at least 4 members (excludes halogenated alkanes) is 1. The van der Waals surface area contributed by atoms with Crippen molar-refractivity contribution < 1.29 is 19.1 Å². The molecule has 1 unspecified atom stereocenters. The van der Waals surface area contributed by atoms with Crippen LogP contribution in [0.25, 0.3) is 0 Å². The number of carbonyl (C=O) groups is 3. The lowest BCUT2D eigenvalue weighted by Crippen LogP contribution is -2.39. The highest BCUT2D eigenvalue weighted by Gasteiger charge is 2.35.